The van der Waals surface area contributed by atoms with Gasteiger partial charge in [0.2, 0.25) is 0 Å². The molecule has 9 aromatic carbocycles. The van der Waals surface area contributed by atoms with Crippen LogP contribution in [0.15, 0.2) is 235 Å². The molecule has 0 bridgehead atoms. The van der Waals surface area contributed by atoms with E-state index < -0.39 is 0 Å². The van der Waals surface area contributed by atoms with Crippen molar-refractivity contribution < 1.29 is 0 Å². The van der Waals surface area contributed by atoms with Gasteiger partial charge in [0.05, 0.1) is 0 Å². The first kappa shape index (κ1) is 41.9. The maximum Gasteiger partial charge on any atom is 0.168 e. The third-order valence-electron chi connectivity index (χ3n) is 13.6. The summed E-state index contributed by atoms with van der Waals surface area (Å²) in [5.41, 5.74) is 15.5. The molecule has 0 radical (unpaired) electrons. The fraction of sp³-hybridized carbons (Fsp3) is 0. The van der Waals surface area contributed by atoms with Crippen LogP contribution in [-0.4, -0.2) is 14.8 Å². The van der Waals surface area contributed by atoms with Crippen molar-refractivity contribution in [3.05, 3.63) is 235 Å². The molecule has 7 heteroatoms. The molecule has 0 aliphatic rings. The molecule has 0 saturated heterocycles. The van der Waals surface area contributed by atoms with Crippen LogP contribution in [0, 0.1) is 0 Å². The van der Waals surface area contributed by atoms with Gasteiger partial charge in [-0.05, 0) is 80.5 Å². The highest BCUT2D eigenvalue weighted by molar-refractivity contribution is 7.24. The van der Waals surface area contributed by atoms with Gasteiger partial charge in [0.25, 0.3) is 0 Å². The van der Waals surface area contributed by atoms with Gasteiger partial charge in [-0.25, -0.2) is 0 Å². The third-order valence-corrected chi connectivity index (χ3v) is 17.8. The van der Waals surface area contributed by atoms with E-state index in [1.54, 1.807) is 0 Å². The zero-order valence-electron chi connectivity index (χ0n) is 38.0. The van der Waals surface area contributed by atoms with Crippen molar-refractivity contribution in [2.45, 2.75) is 0 Å². The summed E-state index contributed by atoms with van der Waals surface area (Å²) in [6.07, 6.45) is 0. The highest BCUT2D eigenvalue weighted by atomic mass is 32.1. The summed E-state index contributed by atoms with van der Waals surface area (Å²) in [7, 11) is 0. The van der Waals surface area contributed by atoms with Gasteiger partial charge in [0, 0.05) is 89.2 Å². The van der Waals surface area contributed by atoms with Crippen LogP contribution in [0.5, 0.6) is 0 Å². The summed E-state index contributed by atoms with van der Waals surface area (Å²) in [6.45, 7) is 0. The van der Waals surface area contributed by atoms with Gasteiger partial charge in [-0.1, -0.05) is 188 Å². The van der Waals surface area contributed by atoms with Crippen molar-refractivity contribution in [1.29, 1.82) is 0 Å². The molecule has 5 aromatic heterocycles. The van der Waals surface area contributed by atoms with Crippen LogP contribution < -0.4 is 0 Å². The molecule has 0 unspecified atom stereocenters. The standard InChI is InChI=1S/C64H39N3S4/c1-6-16-42(17-7-1)55-49-34-36-68-59(49)57(44-20-10-3-11-21-44)51-38-53(70-61(51)55)40-26-30-46(31-27-40)63-65-66-64(67(63)48-24-14-5-15-25-48)47-32-28-41(29-33-47)54-39-52-58(45-22-12-4-13-23-45)60-50(35-37-69-60)56(62(52)71-54)43-18-8-2-9-19-43/h1-39H. The molecule has 0 aliphatic carbocycles. The van der Waals surface area contributed by atoms with E-state index in [4.69, 9.17) is 10.2 Å². The van der Waals surface area contributed by atoms with Gasteiger partial charge < -0.3 is 0 Å². The van der Waals surface area contributed by atoms with E-state index in [2.05, 4.69) is 240 Å². The number of thiophene rings is 4. The summed E-state index contributed by atoms with van der Waals surface area (Å²) in [6, 6.07) is 81.1. The Hall–Kier alpha value is -8.04. The van der Waals surface area contributed by atoms with E-state index in [-0.39, 0.29) is 0 Å². The van der Waals surface area contributed by atoms with Crippen molar-refractivity contribution in [2.24, 2.45) is 0 Å². The van der Waals surface area contributed by atoms with E-state index in [0.717, 1.165) is 28.5 Å². The van der Waals surface area contributed by atoms with E-state index in [1.165, 1.54) is 106 Å². The van der Waals surface area contributed by atoms with Gasteiger partial charge in [-0.15, -0.1) is 55.5 Å². The van der Waals surface area contributed by atoms with Crippen LogP contribution in [0.4, 0.5) is 0 Å². The van der Waals surface area contributed by atoms with Crippen molar-refractivity contribution >= 4 is 85.7 Å². The van der Waals surface area contributed by atoms with Crippen LogP contribution in [0.3, 0.4) is 0 Å². The molecular formula is C64H39N3S4. The van der Waals surface area contributed by atoms with Crippen molar-refractivity contribution in [2.75, 3.05) is 0 Å². The maximum absolute atomic E-state index is 4.92. The first-order chi connectivity index (χ1) is 35.2. The average molecular weight is 978 g/mol. The number of nitrogens with zero attached hydrogens (tertiary/aromatic N) is 3. The second-order valence-electron chi connectivity index (χ2n) is 17.7. The highest BCUT2D eigenvalue weighted by Crippen LogP contribution is 2.52. The Kier molecular flexibility index (Phi) is 10.3. The van der Waals surface area contributed by atoms with Crippen LogP contribution >= 0.6 is 45.3 Å². The number of hydrogen-bond acceptors (Lipinski definition) is 6. The first-order valence-electron chi connectivity index (χ1n) is 23.6. The Morgan fingerprint density at radius 2 is 0.606 bits per heavy atom. The van der Waals surface area contributed by atoms with Gasteiger partial charge in [0.15, 0.2) is 11.6 Å². The molecular weight excluding hydrogens is 939 g/mol. The molecule has 14 rings (SSSR count). The van der Waals surface area contributed by atoms with Crippen molar-refractivity contribution in [1.82, 2.24) is 14.8 Å². The lowest BCUT2D eigenvalue weighted by molar-refractivity contribution is 1.07. The monoisotopic (exact) mass is 977 g/mol. The average Bonchev–Trinajstić information content (AvgIpc) is 4.32. The van der Waals surface area contributed by atoms with Gasteiger partial charge >= 0.3 is 0 Å². The SMILES string of the molecule is c1ccc(-c2c3cc(-c4ccc(-c5nnc(-c6ccc(-c7cc8c(-c9ccccc9)c9sccc9c(-c9ccccc9)c8s7)cc6)n5-c5ccccc5)cc4)sc3c(-c3ccccc3)c3ccsc23)cc1. The number of fused-ring (bicyclic) bond motifs is 4. The second-order valence-corrected chi connectivity index (χ2v) is 21.6. The van der Waals surface area contributed by atoms with Gasteiger partial charge in [-0.2, -0.15) is 0 Å². The normalized spacial score (nSPS) is 11.7. The minimum atomic E-state index is 0.794. The first-order valence-corrected chi connectivity index (χ1v) is 27.0. The zero-order valence-corrected chi connectivity index (χ0v) is 41.3. The summed E-state index contributed by atoms with van der Waals surface area (Å²) < 4.78 is 7.45. The Morgan fingerprint density at radius 3 is 0.972 bits per heavy atom. The summed E-state index contributed by atoms with van der Waals surface area (Å²) >= 11 is 7.40. The Morgan fingerprint density at radius 1 is 0.282 bits per heavy atom. The number of hydrogen-bond donors (Lipinski definition) is 0. The Labute approximate surface area is 426 Å². The summed E-state index contributed by atoms with van der Waals surface area (Å²) in [4.78, 5) is 2.46. The molecule has 0 amide bonds. The molecule has 71 heavy (non-hydrogen) atoms. The summed E-state index contributed by atoms with van der Waals surface area (Å²) in [5.74, 6) is 1.59. The number of rotatable bonds is 9. The topological polar surface area (TPSA) is 30.7 Å². The molecule has 3 nitrogen and oxygen atoms in total. The molecule has 0 N–H and O–H groups in total. The largest absolute Gasteiger partial charge is 0.275 e. The number of benzene rings is 9. The number of para-hydroxylation sites is 1. The predicted molar refractivity (Wildman–Crippen MR) is 306 cm³/mol. The zero-order chi connectivity index (χ0) is 46.8. The minimum absolute atomic E-state index is 0.794. The molecule has 0 atom stereocenters. The van der Waals surface area contributed by atoms with E-state index in [9.17, 15) is 0 Å². The lowest BCUT2D eigenvalue weighted by atomic mass is 9.93. The molecule has 0 saturated carbocycles. The summed E-state index contributed by atoms with van der Waals surface area (Å²) in [5, 5.41) is 19.5. The maximum atomic E-state index is 4.92. The Balaban J connectivity index is 0.852. The van der Waals surface area contributed by atoms with E-state index >= 15 is 0 Å². The molecule has 14 aromatic rings. The number of aromatic nitrogens is 3. The molecule has 0 aliphatic heterocycles. The quantitative estimate of drug-likeness (QED) is 0.144. The van der Waals surface area contributed by atoms with E-state index in [0.29, 0.717) is 0 Å². The van der Waals surface area contributed by atoms with Gasteiger partial charge in [-0.3, -0.25) is 4.57 Å². The highest BCUT2D eigenvalue weighted by Gasteiger charge is 2.24. The van der Waals surface area contributed by atoms with E-state index in [1.807, 2.05) is 45.3 Å². The fourth-order valence-electron chi connectivity index (χ4n) is 10.3. The minimum Gasteiger partial charge on any atom is -0.275 e. The van der Waals surface area contributed by atoms with Crippen molar-refractivity contribution in [3.8, 4) is 93.9 Å². The van der Waals surface area contributed by atoms with Crippen LogP contribution in [0.2, 0.25) is 0 Å². The lowest BCUT2D eigenvalue weighted by Gasteiger charge is -2.12. The molecule has 0 spiro atoms. The molecule has 0 fully saturated rings. The molecule has 334 valence electrons. The van der Waals surface area contributed by atoms with Gasteiger partial charge in [0.1, 0.15) is 0 Å². The second kappa shape index (κ2) is 17.4. The third kappa shape index (κ3) is 7.11. The van der Waals surface area contributed by atoms with Crippen molar-refractivity contribution in [3.63, 3.8) is 0 Å². The van der Waals surface area contributed by atoms with Crippen LogP contribution in [0.1, 0.15) is 0 Å². The van der Waals surface area contributed by atoms with Crippen LogP contribution in [-0.2, 0) is 0 Å². The molecule has 5 heterocycles. The predicted octanol–water partition coefficient (Wildman–Crippen LogP) is 19.5. The fourth-order valence-corrected chi connectivity index (χ4v) is 14.8. The smallest absolute Gasteiger partial charge is 0.168 e. The Bertz CT molecular complexity index is 3790. The van der Waals surface area contributed by atoms with Crippen LogP contribution in [0.25, 0.3) is 134 Å². The lowest BCUT2D eigenvalue weighted by Crippen LogP contribution is -2.00.